The first-order chi connectivity index (χ1) is 13.0. The first kappa shape index (κ1) is 22.6. The number of aliphatic imine (C=N–C) groups is 1. The van der Waals surface area contributed by atoms with E-state index >= 15 is 0 Å². The second-order valence-electron chi connectivity index (χ2n) is 7.51. The number of aliphatic hydroxyl groups is 1. The molecule has 0 bridgehead atoms. The van der Waals surface area contributed by atoms with Crippen molar-refractivity contribution in [2.45, 2.75) is 57.7 Å². The molecule has 1 aliphatic rings. The molecule has 0 amide bonds. The third-order valence-electron chi connectivity index (χ3n) is 5.25. The Morgan fingerprint density at radius 3 is 2.54 bits per heavy atom. The molecule has 1 aromatic heterocycles. The van der Waals surface area contributed by atoms with E-state index in [1.165, 1.54) is 12.8 Å². The summed E-state index contributed by atoms with van der Waals surface area (Å²) in [6.07, 6.45) is 4.79. The quantitative estimate of drug-likeness (QED) is 0.324. The number of hydrogen-bond acceptors (Lipinski definition) is 4. The molecule has 1 fully saturated rings. The van der Waals surface area contributed by atoms with Gasteiger partial charge in [0.05, 0.1) is 6.54 Å². The number of guanidine groups is 1. The SMILES string of the molecule is Cc1nnc(CN=C(NCC(C)(O)c2ccccc2)NC2CCCC2)n1C.I. The minimum absolute atomic E-state index is 0. The maximum absolute atomic E-state index is 10.9. The van der Waals surface area contributed by atoms with Gasteiger partial charge < -0.3 is 20.3 Å². The Labute approximate surface area is 184 Å². The molecule has 1 aromatic carbocycles. The number of aromatic nitrogens is 3. The molecule has 1 unspecified atom stereocenters. The van der Waals surface area contributed by atoms with E-state index in [0.717, 1.165) is 30.1 Å². The van der Waals surface area contributed by atoms with E-state index in [1.54, 1.807) is 0 Å². The summed E-state index contributed by atoms with van der Waals surface area (Å²) >= 11 is 0. The number of halogens is 1. The summed E-state index contributed by atoms with van der Waals surface area (Å²) in [4.78, 5) is 4.69. The first-order valence-corrected chi connectivity index (χ1v) is 9.63. The van der Waals surface area contributed by atoms with Crippen molar-refractivity contribution in [2.24, 2.45) is 12.0 Å². The molecule has 0 radical (unpaired) electrons. The molecule has 3 N–H and O–H groups in total. The van der Waals surface area contributed by atoms with E-state index in [4.69, 9.17) is 0 Å². The molecule has 28 heavy (non-hydrogen) atoms. The summed E-state index contributed by atoms with van der Waals surface area (Å²) in [5.41, 5.74) is -0.109. The van der Waals surface area contributed by atoms with Gasteiger partial charge in [-0.15, -0.1) is 34.2 Å². The van der Waals surface area contributed by atoms with Crippen LogP contribution in [0.15, 0.2) is 35.3 Å². The Kier molecular flexibility index (Phi) is 8.23. The fourth-order valence-corrected chi connectivity index (χ4v) is 3.31. The topological polar surface area (TPSA) is 87.4 Å². The minimum Gasteiger partial charge on any atom is -0.384 e. The zero-order valence-corrected chi connectivity index (χ0v) is 19.2. The predicted molar refractivity (Wildman–Crippen MR) is 122 cm³/mol. The average molecular weight is 498 g/mol. The van der Waals surface area contributed by atoms with Gasteiger partial charge in [-0.2, -0.15) is 0 Å². The molecule has 7 nitrogen and oxygen atoms in total. The second-order valence-corrected chi connectivity index (χ2v) is 7.51. The Bertz CT molecular complexity index is 768. The number of nitrogens with zero attached hydrogens (tertiary/aromatic N) is 4. The van der Waals surface area contributed by atoms with E-state index in [-0.39, 0.29) is 24.0 Å². The fraction of sp³-hybridized carbons (Fsp3) is 0.550. The first-order valence-electron chi connectivity index (χ1n) is 9.63. The third kappa shape index (κ3) is 5.91. The van der Waals surface area contributed by atoms with Crippen molar-refractivity contribution < 1.29 is 5.11 Å². The number of hydrogen-bond donors (Lipinski definition) is 3. The van der Waals surface area contributed by atoms with Crippen molar-refractivity contribution in [3.8, 4) is 0 Å². The molecule has 0 saturated heterocycles. The Balaban J connectivity index is 0.00000280. The Morgan fingerprint density at radius 2 is 1.93 bits per heavy atom. The molecular weight excluding hydrogens is 467 g/mol. The van der Waals surface area contributed by atoms with Crippen LogP contribution in [0.25, 0.3) is 0 Å². The van der Waals surface area contributed by atoms with Crippen LogP contribution in [0.4, 0.5) is 0 Å². The van der Waals surface area contributed by atoms with Crippen LogP contribution in [-0.4, -0.2) is 38.4 Å². The molecule has 1 heterocycles. The maximum atomic E-state index is 10.9. The normalized spacial score (nSPS) is 17.1. The molecule has 2 aromatic rings. The van der Waals surface area contributed by atoms with Crippen LogP contribution < -0.4 is 10.6 Å². The van der Waals surface area contributed by atoms with Gasteiger partial charge in [-0.05, 0) is 32.3 Å². The third-order valence-corrected chi connectivity index (χ3v) is 5.25. The van der Waals surface area contributed by atoms with Gasteiger partial charge in [0, 0.05) is 13.1 Å². The van der Waals surface area contributed by atoms with Crippen LogP contribution in [0.5, 0.6) is 0 Å². The lowest BCUT2D eigenvalue weighted by Crippen LogP contribution is -2.47. The lowest BCUT2D eigenvalue weighted by Gasteiger charge is -2.26. The molecule has 0 aliphatic heterocycles. The Morgan fingerprint density at radius 1 is 1.25 bits per heavy atom. The van der Waals surface area contributed by atoms with E-state index in [9.17, 15) is 5.11 Å². The van der Waals surface area contributed by atoms with Gasteiger partial charge >= 0.3 is 0 Å². The highest BCUT2D eigenvalue weighted by Gasteiger charge is 2.24. The minimum atomic E-state index is -0.985. The maximum Gasteiger partial charge on any atom is 0.192 e. The van der Waals surface area contributed by atoms with Crippen LogP contribution in [-0.2, 0) is 19.2 Å². The Hall–Kier alpha value is -1.68. The van der Waals surface area contributed by atoms with E-state index in [1.807, 2.05) is 55.8 Å². The van der Waals surface area contributed by atoms with Gasteiger partial charge in [-0.3, -0.25) is 0 Å². The van der Waals surface area contributed by atoms with Gasteiger partial charge in [0.15, 0.2) is 11.8 Å². The molecular formula is C20H31IN6O. The molecule has 8 heteroatoms. The molecule has 1 saturated carbocycles. The lowest BCUT2D eigenvalue weighted by atomic mass is 9.96. The van der Waals surface area contributed by atoms with Crippen molar-refractivity contribution in [1.82, 2.24) is 25.4 Å². The number of rotatable bonds is 6. The lowest BCUT2D eigenvalue weighted by molar-refractivity contribution is 0.0616. The van der Waals surface area contributed by atoms with Gasteiger partial charge in [0.2, 0.25) is 0 Å². The molecule has 3 rings (SSSR count). The zero-order valence-electron chi connectivity index (χ0n) is 16.9. The van der Waals surface area contributed by atoms with Gasteiger partial charge in [-0.25, -0.2) is 4.99 Å². The van der Waals surface area contributed by atoms with Crippen LogP contribution >= 0.6 is 24.0 Å². The van der Waals surface area contributed by atoms with Crippen molar-refractivity contribution in [2.75, 3.05) is 6.54 Å². The fourth-order valence-electron chi connectivity index (χ4n) is 3.31. The van der Waals surface area contributed by atoms with Crippen molar-refractivity contribution in [1.29, 1.82) is 0 Å². The molecule has 1 aliphatic carbocycles. The predicted octanol–water partition coefficient (Wildman–Crippen LogP) is 2.63. The number of benzene rings is 1. The zero-order chi connectivity index (χ0) is 19.3. The summed E-state index contributed by atoms with van der Waals surface area (Å²) in [7, 11) is 1.94. The molecule has 1 atom stereocenters. The summed E-state index contributed by atoms with van der Waals surface area (Å²) in [5.74, 6) is 2.39. The summed E-state index contributed by atoms with van der Waals surface area (Å²) in [6.45, 7) is 4.54. The molecule has 0 spiro atoms. The van der Waals surface area contributed by atoms with E-state index in [0.29, 0.717) is 25.1 Å². The van der Waals surface area contributed by atoms with Crippen LogP contribution in [0, 0.1) is 6.92 Å². The average Bonchev–Trinajstić information content (AvgIpc) is 3.29. The molecule has 154 valence electrons. The number of aryl methyl sites for hydroxylation is 1. The van der Waals surface area contributed by atoms with Crippen LogP contribution in [0.2, 0.25) is 0 Å². The highest BCUT2D eigenvalue weighted by Crippen LogP contribution is 2.20. The van der Waals surface area contributed by atoms with Crippen molar-refractivity contribution in [3.05, 3.63) is 47.5 Å². The van der Waals surface area contributed by atoms with Gasteiger partial charge in [0.25, 0.3) is 0 Å². The standard InChI is InChI=1S/C20H30N6O.HI/c1-15-24-25-18(26(15)3)13-21-19(23-17-11-7-8-12-17)22-14-20(2,27)16-9-5-4-6-10-16;/h4-6,9-10,17,27H,7-8,11-14H2,1-3H3,(H2,21,22,23);1H. The van der Waals surface area contributed by atoms with E-state index in [2.05, 4.69) is 25.8 Å². The summed E-state index contributed by atoms with van der Waals surface area (Å²) < 4.78 is 1.94. The largest absolute Gasteiger partial charge is 0.384 e. The second kappa shape index (κ2) is 10.2. The van der Waals surface area contributed by atoms with E-state index < -0.39 is 5.60 Å². The number of nitrogens with one attached hydrogen (secondary N) is 2. The summed E-state index contributed by atoms with van der Waals surface area (Å²) in [5, 5.41) is 25.9. The highest BCUT2D eigenvalue weighted by atomic mass is 127. The van der Waals surface area contributed by atoms with Crippen LogP contribution in [0.1, 0.15) is 49.8 Å². The van der Waals surface area contributed by atoms with Gasteiger partial charge in [-0.1, -0.05) is 43.2 Å². The van der Waals surface area contributed by atoms with Crippen LogP contribution in [0.3, 0.4) is 0 Å². The summed E-state index contributed by atoms with van der Waals surface area (Å²) in [6, 6.07) is 10.1. The smallest absolute Gasteiger partial charge is 0.192 e. The van der Waals surface area contributed by atoms with Crippen molar-refractivity contribution in [3.63, 3.8) is 0 Å². The van der Waals surface area contributed by atoms with Gasteiger partial charge in [0.1, 0.15) is 18.0 Å². The monoisotopic (exact) mass is 498 g/mol. The highest BCUT2D eigenvalue weighted by molar-refractivity contribution is 14.0. The van der Waals surface area contributed by atoms with Crippen molar-refractivity contribution >= 4 is 29.9 Å².